The molecule has 22 heavy (non-hydrogen) atoms. The molecule has 2 N–H and O–H groups in total. The smallest absolute Gasteiger partial charge is 0.326 e. The molecule has 0 bridgehead atoms. The molecular formula is C16H26N4O2. The second kappa shape index (κ2) is 7.42. The number of nitrogens with zero attached hydrogens (tertiary/aromatic N) is 3. The molecule has 1 fully saturated rings. The Hall–Kier alpha value is -1.85. The van der Waals surface area contributed by atoms with Gasteiger partial charge in [0.25, 0.3) is 0 Å². The van der Waals surface area contributed by atoms with E-state index in [1.54, 1.807) is 0 Å². The van der Waals surface area contributed by atoms with Crippen LogP contribution in [-0.4, -0.2) is 40.2 Å². The Labute approximate surface area is 132 Å². The first-order valence-electron chi connectivity index (χ1n) is 8.07. The Morgan fingerprint density at radius 2 is 2.32 bits per heavy atom. The van der Waals surface area contributed by atoms with Crippen LogP contribution in [0.5, 0.6) is 0 Å². The Kier molecular flexibility index (Phi) is 5.57. The van der Waals surface area contributed by atoms with Crippen molar-refractivity contribution in [3.05, 3.63) is 12.4 Å². The third-order valence-corrected chi connectivity index (χ3v) is 4.42. The zero-order chi connectivity index (χ0) is 16.1. The molecule has 0 saturated carbocycles. The minimum absolute atomic E-state index is 0.0333. The predicted octanol–water partition coefficient (Wildman–Crippen LogP) is 2.62. The van der Waals surface area contributed by atoms with E-state index in [-0.39, 0.29) is 5.92 Å². The van der Waals surface area contributed by atoms with Crippen molar-refractivity contribution in [2.24, 2.45) is 11.8 Å². The first kappa shape index (κ1) is 16.5. The lowest BCUT2D eigenvalue weighted by atomic mass is 9.99. The molecule has 1 aliphatic heterocycles. The maximum Gasteiger partial charge on any atom is 0.326 e. The summed E-state index contributed by atoms with van der Waals surface area (Å²) in [6.45, 7) is 8.15. The SMILES string of the molecule is CC[C@H](C)[C@H](Nc1cc(N2CCCC(C)C2)ncn1)C(=O)O. The molecule has 0 amide bonds. The molecule has 2 heterocycles. The van der Waals surface area contributed by atoms with E-state index in [0.717, 1.165) is 25.3 Å². The number of aliphatic carboxylic acids is 1. The number of hydrogen-bond donors (Lipinski definition) is 2. The Morgan fingerprint density at radius 3 is 2.95 bits per heavy atom. The van der Waals surface area contributed by atoms with Crippen LogP contribution in [-0.2, 0) is 4.79 Å². The van der Waals surface area contributed by atoms with E-state index in [1.807, 2.05) is 19.9 Å². The number of piperidine rings is 1. The molecule has 0 aromatic carbocycles. The number of rotatable bonds is 6. The van der Waals surface area contributed by atoms with E-state index >= 15 is 0 Å². The quantitative estimate of drug-likeness (QED) is 0.841. The van der Waals surface area contributed by atoms with Gasteiger partial charge in [0.05, 0.1) is 0 Å². The van der Waals surface area contributed by atoms with Crippen molar-refractivity contribution in [3.63, 3.8) is 0 Å². The number of carboxylic acids is 1. The van der Waals surface area contributed by atoms with Gasteiger partial charge in [-0.1, -0.05) is 27.2 Å². The van der Waals surface area contributed by atoms with Crippen LogP contribution in [0.4, 0.5) is 11.6 Å². The second-order valence-corrected chi connectivity index (χ2v) is 6.30. The third kappa shape index (κ3) is 4.08. The molecule has 1 unspecified atom stereocenters. The van der Waals surface area contributed by atoms with Gasteiger partial charge in [0.2, 0.25) is 0 Å². The van der Waals surface area contributed by atoms with Gasteiger partial charge in [-0.3, -0.25) is 0 Å². The normalized spacial score (nSPS) is 21.2. The summed E-state index contributed by atoms with van der Waals surface area (Å²) in [7, 11) is 0. The zero-order valence-corrected chi connectivity index (χ0v) is 13.6. The molecule has 122 valence electrons. The minimum atomic E-state index is -0.846. The van der Waals surface area contributed by atoms with Gasteiger partial charge < -0.3 is 15.3 Å². The first-order chi connectivity index (χ1) is 10.5. The summed E-state index contributed by atoms with van der Waals surface area (Å²) in [5.41, 5.74) is 0. The molecule has 1 saturated heterocycles. The lowest BCUT2D eigenvalue weighted by Gasteiger charge is -2.32. The van der Waals surface area contributed by atoms with Gasteiger partial charge in [-0.2, -0.15) is 0 Å². The van der Waals surface area contributed by atoms with Gasteiger partial charge in [-0.05, 0) is 24.7 Å². The van der Waals surface area contributed by atoms with Crippen LogP contribution in [0, 0.1) is 11.8 Å². The molecule has 0 radical (unpaired) electrons. The topological polar surface area (TPSA) is 78.3 Å². The molecule has 6 heteroatoms. The van der Waals surface area contributed by atoms with Crippen molar-refractivity contribution in [3.8, 4) is 0 Å². The highest BCUT2D eigenvalue weighted by Gasteiger charge is 2.24. The van der Waals surface area contributed by atoms with Crippen molar-refractivity contribution < 1.29 is 9.90 Å². The Bertz CT molecular complexity index is 509. The van der Waals surface area contributed by atoms with Crippen LogP contribution in [0.1, 0.15) is 40.0 Å². The number of aromatic nitrogens is 2. The van der Waals surface area contributed by atoms with Crippen LogP contribution in [0.3, 0.4) is 0 Å². The Morgan fingerprint density at radius 1 is 1.55 bits per heavy atom. The molecular weight excluding hydrogens is 280 g/mol. The maximum absolute atomic E-state index is 11.4. The van der Waals surface area contributed by atoms with Crippen molar-refractivity contribution in [1.82, 2.24) is 9.97 Å². The van der Waals surface area contributed by atoms with Gasteiger partial charge in [0.15, 0.2) is 0 Å². The van der Waals surface area contributed by atoms with E-state index in [2.05, 4.69) is 27.1 Å². The number of carbonyl (C=O) groups is 1. The molecule has 0 aliphatic carbocycles. The van der Waals surface area contributed by atoms with Gasteiger partial charge in [0.1, 0.15) is 24.0 Å². The lowest BCUT2D eigenvalue weighted by molar-refractivity contribution is -0.139. The van der Waals surface area contributed by atoms with Crippen LogP contribution >= 0.6 is 0 Å². The predicted molar refractivity (Wildman–Crippen MR) is 87.1 cm³/mol. The fourth-order valence-corrected chi connectivity index (χ4v) is 2.84. The summed E-state index contributed by atoms with van der Waals surface area (Å²) in [5.74, 6) is 1.30. The van der Waals surface area contributed by atoms with Crippen molar-refractivity contribution >= 4 is 17.6 Å². The van der Waals surface area contributed by atoms with Gasteiger partial charge in [-0.25, -0.2) is 14.8 Å². The van der Waals surface area contributed by atoms with Crippen LogP contribution in [0.2, 0.25) is 0 Å². The molecule has 1 aromatic heterocycles. The summed E-state index contributed by atoms with van der Waals surface area (Å²) in [5, 5.41) is 12.4. The summed E-state index contributed by atoms with van der Waals surface area (Å²) < 4.78 is 0. The standard InChI is InChI=1S/C16H26N4O2/c1-4-12(3)15(16(21)22)19-13-8-14(18-10-17-13)20-7-5-6-11(2)9-20/h8,10-12,15H,4-7,9H2,1-3H3,(H,21,22)(H,17,18,19)/t11?,12-,15-/m0/s1. The van der Waals surface area contributed by atoms with Gasteiger partial charge >= 0.3 is 5.97 Å². The lowest BCUT2D eigenvalue weighted by Crippen LogP contribution is -2.36. The zero-order valence-electron chi connectivity index (χ0n) is 13.6. The van der Waals surface area contributed by atoms with E-state index in [9.17, 15) is 9.90 Å². The van der Waals surface area contributed by atoms with E-state index in [0.29, 0.717) is 11.7 Å². The second-order valence-electron chi connectivity index (χ2n) is 6.30. The average Bonchev–Trinajstić information content (AvgIpc) is 2.52. The number of nitrogens with one attached hydrogen (secondary N) is 1. The highest BCUT2D eigenvalue weighted by Crippen LogP contribution is 2.23. The van der Waals surface area contributed by atoms with Gasteiger partial charge in [0, 0.05) is 19.2 Å². The van der Waals surface area contributed by atoms with E-state index < -0.39 is 12.0 Å². The van der Waals surface area contributed by atoms with E-state index in [1.165, 1.54) is 19.2 Å². The fourth-order valence-electron chi connectivity index (χ4n) is 2.84. The van der Waals surface area contributed by atoms with Crippen molar-refractivity contribution in [1.29, 1.82) is 0 Å². The Balaban J connectivity index is 2.12. The maximum atomic E-state index is 11.4. The van der Waals surface area contributed by atoms with Crippen LogP contribution in [0.25, 0.3) is 0 Å². The van der Waals surface area contributed by atoms with E-state index in [4.69, 9.17) is 0 Å². The van der Waals surface area contributed by atoms with Crippen LogP contribution < -0.4 is 10.2 Å². The average molecular weight is 306 g/mol. The van der Waals surface area contributed by atoms with Crippen molar-refractivity contribution in [2.75, 3.05) is 23.3 Å². The molecule has 1 aliphatic rings. The minimum Gasteiger partial charge on any atom is -0.480 e. The largest absolute Gasteiger partial charge is 0.480 e. The first-order valence-corrected chi connectivity index (χ1v) is 8.07. The highest BCUT2D eigenvalue weighted by molar-refractivity contribution is 5.77. The van der Waals surface area contributed by atoms with Crippen molar-refractivity contribution in [2.45, 2.75) is 46.1 Å². The summed E-state index contributed by atoms with van der Waals surface area (Å²) >= 11 is 0. The summed E-state index contributed by atoms with van der Waals surface area (Å²) in [4.78, 5) is 22.2. The molecule has 2 rings (SSSR count). The number of carboxylic acid groups (broad SMARTS) is 1. The fraction of sp³-hybridized carbons (Fsp3) is 0.688. The summed E-state index contributed by atoms with van der Waals surface area (Å²) in [6.07, 6.45) is 4.72. The van der Waals surface area contributed by atoms with Gasteiger partial charge in [-0.15, -0.1) is 0 Å². The molecule has 6 nitrogen and oxygen atoms in total. The molecule has 0 spiro atoms. The highest BCUT2D eigenvalue weighted by atomic mass is 16.4. The van der Waals surface area contributed by atoms with Crippen LogP contribution in [0.15, 0.2) is 12.4 Å². The molecule has 1 aromatic rings. The third-order valence-electron chi connectivity index (χ3n) is 4.42. The summed E-state index contributed by atoms with van der Waals surface area (Å²) in [6, 6.07) is 1.23. The number of hydrogen-bond acceptors (Lipinski definition) is 5. The monoisotopic (exact) mass is 306 g/mol. The molecule has 3 atom stereocenters. The number of anilines is 2.